The molecule has 2 heterocycles. The van der Waals surface area contributed by atoms with Gasteiger partial charge in [-0.2, -0.15) is 5.26 Å². The van der Waals surface area contributed by atoms with E-state index in [0.29, 0.717) is 12.1 Å². The summed E-state index contributed by atoms with van der Waals surface area (Å²) in [6, 6.07) is 8.14. The summed E-state index contributed by atoms with van der Waals surface area (Å²) in [5.74, 6) is 0. The minimum absolute atomic E-state index is 0.360. The first kappa shape index (κ1) is 13.7. The molecule has 0 aliphatic carbocycles. The zero-order valence-electron chi connectivity index (χ0n) is 11.7. The summed E-state index contributed by atoms with van der Waals surface area (Å²) in [6.45, 7) is 3.84. The fraction of sp³-hybridized carbons (Fsp3) is 0.333. The van der Waals surface area contributed by atoms with Gasteiger partial charge >= 0.3 is 0 Å². The van der Waals surface area contributed by atoms with Gasteiger partial charge in [0.1, 0.15) is 0 Å². The Labute approximate surface area is 128 Å². The van der Waals surface area contributed by atoms with E-state index in [-0.39, 0.29) is 0 Å². The second-order valence-electron chi connectivity index (χ2n) is 5.01. The SMILES string of the molecule is N#CCc1cc(N2CCN(c3nccs3)CC2)ccc1N. The quantitative estimate of drug-likeness (QED) is 0.879. The Bertz CT molecular complexity index is 639. The van der Waals surface area contributed by atoms with Crippen LogP contribution in [0.3, 0.4) is 0 Å². The number of nitrogens with zero attached hydrogens (tertiary/aromatic N) is 4. The molecule has 0 bridgehead atoms. The molecule has 0 saturated carbocycles. The third kappa shape index (κ3) is 2.93. The summed E-state index contributed by atoms with van der Waals surface area (Å²) < 4.78 is 0. The van der Waals surface area contributed by atoms with E-state index in [4.69, 9.17) is 11.0 Å². The fourth-order valence-electron chi connectivity index (χ4n) is 2.56. The summed E-state index contributed by atoms with van der Waals surface area (Å²) in [5.41, 5.74) is 8.66. The average Bonchev–Trinajstić information content (AvgIpc) is 3.04. The van der Waals surface area contributed by atoms with E-state index in [2.05, 4.69) is 20.9 Å². The summed E-state index contributed by atoms with van der Waals surface area (Å²) in [5, 5.41) is 12.0. The van der Waals surface area contributed by atoms with Gasteiger partial charge in [-0.3, -0.25) is 0 Å². The molecule has 21 heavy (non-hydrogen) atoms. The predicted octanol–water partition coefficient (Wildman–Crippen LogP) is 2.12. The number of nitriles is 1. The second-order valence-corrected chi connectivity index (χ2v) is 5.88. The number of hydrogen-bond acceptors (Lipinski definition) is 6. The maximum Gasteiger partial charge on any atom is 0.185 e. The number of piperazine rings is 1. The zero-order valence-corrected chi connectivity index (χ0v) is 12.5. The molecule has 0 unspecified atom stereocenters. The topological polar surface area (TPSA) is 69.2 Å². The first-order chi connectivity index (χ1) is 10.3. The van der Waals surface area contributed by atoms with Crippen LogP contribution in [0, 0.1) is 11.3 Å². The molecule has 1 aromatic heterocycles. The van der Waals surface area contributed by atoms with Crippen LogP contribution >= 0.6 is 11.3 Å². The van der Waals surface area contributed by atoms with Crippen LogP contribution in [0.4, 0.5) is 16.5 Å². The molecule has 0 spiro atoms. The summed E-state index contributed by atoms with van der Waals surface area (Å²) in [7, 11) is 0. The highest BCUT2D eigenvalue weighted by Crippen LogP contribution is 2.25. The van der Waals surface area contributed by atoms with E-state index in [1.165, 1.54) is 0 Å². The van der Waals surface area contributed by atoms with E-state index in [9.17, 15) is 0 Å². The van der Waals surface area contributed by atoms with Crippen molar-refractivity contribution in [2.75, 3.05) is 41.7 Å². The Morgan fingerprint density at radius 3 is 2.67 bits per heavy atom. The van der Waals surface area contributed by atoms with Crippen LogP contribution in [0.1, 0.15) is 5.56 Å². The highest BCUT2D eigenvalue weighted by atomic mass is 32.1. The molecule has 0 radical (unpaired) electrons. The molecule has 108 valence electrons. The van der Waals surface area contributed by atoms with Gasteiger partial charge in [-0.1, -0.05) is 0 Å². The summed E-state index contributed by atoms with van der Waals surface area (Å²) in [6.07, 6.45) is 2.21. The molecule has 3 rings (SSSR count). The van der Waals surface area contributed by atoms with E-state index in [1.807, 2.05) is 29.8 Å². The van der Waals surface area contributed by atoms with E-state index in [1.54, 1.807) is 11.3 Å². The lowest BCUT2D eigenvalue weighted by Crippen LogP contribution is -2.46. The zero-order chi connectivity index (χ0) is 14.7. The maximum atomic E-state index is 8.85. The first-order valence-electron chi connectivity index (χ1n) is 6.92. The van der Waals surface area contributed by atoms with E-state index >= 15 is 0 Å². The number of rotatable bonds is 3. The van der Waals surface area contributed by atoms with Crippen molar-refractivity contribution >= 4 is 27.8 Å². The van der Waals surface area contributed by atoms with E-state index < -0.39 is 0 Å². The van der Waals surface area contributed by atoms with Crippen molar-refractivity contribution in [2.45, 2.75) is 6.42 Å². The Hall–Kier alpha value is -2.26. The monoisotopic (exact) mass is 299 g/mol. The molecule has 0 atom stereocenters. The average molecular weight is 299 g/mol. The highest BCUT2D eigenvalue weighted by molar-refractivity contribution is 7.13. The number of aromatic nitrogens is 1. The Morgan fingerprint density at radius 1 is 1.24 bits per heavy atom. The normalized spacial score (nSPS) is 15.0. The van der Waals surface area contributed by atoms with Gasteiger partial charge in [0.2, 0.25) is 0 Å². The highest BCUT2D eigenvalue weighted by Gasteiger charge is 2.19. The number of benzene rings is 1. The predicted molar refractivity (Wildman–Crippen MR) is 86.7 cm³/mol. The van der Waals surface area contributed by atoms with Crippen molar-refractivity contribution in [3.05, 3.63) is 35.3 Å². The molecule has 6 heteroatoms. The van der Waals surface area contributed by atoms with Gasteiger partial charge in [0, 0.05) is 49.1 Å². The van der Waals surface area contributed by atoms with Crippen LogP contribution < -0.4 is 15.5 Å². The third-order valence-corrected chi connectivity index (χ3v) is 4.56. The largest absolute Gasteiger partial charge is 0.398 e. The minimum atomic E-state index is 0.360. The van der Waals surface area contributed by atoms with Crippen molar-refractivity contribution in [1.82, 2.24) is 4.98 Å². The van der Waals surface area contributed by atoms with Crippen LogP contribution in [0.25, 0.3) is 0 Å². The number of nitrogen functional groups attached to an aromatic ring is 1. The lowest BCUT2D eigenvalue weighted by Gasteiger charge is -2.36. The molecule has 1 aliphatic heterocycles. The maximum absolute atomic E-state index is 8.85. The molecule has 2 aromatic rings. The molecule has 5 nitrogen and oxygen atoms in total. The van der Waals surface area contributed by atoms with Crippen molar-refractivity contribution in [2.24, 2.45) is 0 Å². The lowest BCUT2D eigenvalue weighted by molar-refractivity contribution is 0.652. The van der Waals surface area contributed by atoms with Gasteiger partial charge in [-0.25, -0.2) is 4.98 Å². The molecule has 2 N–H and O–H groups in total. The molecule has 1 aliphatic rings. The standard InChI is InChI=1S/C15H17N5S/c16-4-3-12-11-13(1-2-14(12)17)19-6-8-20(9-7-19)15-18-5-10-21-15/h1-2,5,10-11H,3,6-9,17H2. The van der Waals surface area contributed by atoms with Crippen molar-refractivity contribution < 1.29 is 0 Å². The molecule has 1 saturated heterocycles. The Balaban J connectivity index is 1.69. The minimum Gasteiger partial charge on any atom is -0.398 e. The third-order valence-electron chi connectivity index (χ3n) is 3.73. The van der Waals surface area contributed by atoms with Crippen LogP contribution in [0.5, 0.6) is 0 Å². The van der Waals surface area contributed by atoms with E-state index in [0.717, 1.165) is 42.6 Å². The van der Waals surface area contributed by atoms with Crippen molar-refractivity contribution in [1.29, 1.82) is 5.26 Å². The van der Waals surface area contributed by atoms with Gasteiger partial charge in [0.25, 0.3) is 0 Å². The Morgan fingerprint density at radius 2 is 2.00 bits per heavy atom. The molecular formula is C15H17N5S. The smallest absolute Gasteiger partial charge is 0.185 e. The van der Waals surface area contributed by atoms with Crippen molar-refractivity contribution in [3.8, 4) is 6.07 Å². The summed E-state index contributed by atoms with van der Waals surface area (Å²) >= 11 is 1.68. The fourth-order valence-corrected chi connectivity index (χ4v) is 3.25. The van der Waals surface area contributed by atoms with Crippen LogP contribution in [0.2, 0.25) is 0 Å². The Kier molecular flexibility index (Phi) is 3.93. The number of hydrogen-bond donors (Lipinski definition) is 1. The van der Waals surface area contributed by atoms with Gasteiger partial charge < -0.3 is 15.5 Å². The number of anilines is 3. The first-order valence-corrected chi connectivity index (χ1v) is 7.80. The lowest BCUT2D eigenvalue weighted by atomic mass is 10.1. The molecule has 1 fully saturated rings. The molecular weight excluding hydrogens is 282 g/mol. The van der Waals surface area contributed by atoms with Crippen LogP contribution in [-0.2, 0) is 6.42 Å². The summed E-state index contributed by atoms with van der Waals surface area (Å²) in [4.78, 5) is 9.01. The van der Waals surface area contributed by atoms with Crippen molar-refractivity contribution in [3.63, 3.8) is 0 Å². The van der Waals surface area contributed by atoms with Gasteiger partial charge in [-0.05, 0) is 23.8 Å². The van der Waals surface area contributed by atoms with Crippen LogP contribution in [0.15, 0.2) is 29.8 Å². The molecule has 1 aromatic carbocycles. The van der Waals surface area contributed by atoms with Gasteiger partial charge in [0.05, 0.1) is 12.5 Å². The van der Waals surface area contributed by atoms with Gasteiger partial charge in [-0.15, -0.1) is 11.3 Å². The second kappa shape index (κ2) is 6.02. The number of thiazole rings is 1. The number of nitrogens with two attached hydrogens (primary N) is 1. The van der Waals surface area contributed by atoms with Gasteiger partial charge in [0.15, 0.2) is 5.13 Å². The van der Waals surface area contributed by atoms with Crippen LogP contribution in [-0.4, -0.2) is 31.2 Å². The molecule has 0 amide bonds.